The van der Waals surface area contributed by atoms with Gasteiger partial charge in [0.25, 0.3) is 0 Å². The lowest BCUT2D eigenvalue weighted by molar-refractivity contribution is 0.0127. The minimum atomic E-state index is -1.98. The highest BCUT2D eigenvalue weighted by atomic mass is 35.5. The zero-order valence-electron chi connectivity index (χ0n) is 20.5. The summed E-state index contributed by atoms with van der Waals surface area (Å²) in [5, 5.41) is 0.417. The number of alkyl halides is 1. The van der Waals surface area contributed by atoms with E-state index in [0.29, 0.717) is 0 Å². The summed E-state index contributed by atoms with van der Waals surface area (Å²) in [6, 6.07) is 2.96. The Morgan fingerprint density at radius 2 is 1.76 bits per heavy atom. The molecule has 1 aromatic rings. The third-order valence-corrected chi connectivity index (χ3v) is 7.08. The van der Waals surface area contributed by atoms with Crippen LogP contribution in [-0.4, -0.2) is 56.6 Å². The zero-order chi connectivity index (χ0) is 25.9. The SMILES string of the molecule is C=CCOc1cc(Cl)c(Cl)cc1C(=NS(=O)C(C)(C)C)C1(F)CCN(C(=O)OC(C)(C)C)CC1. The van der Waals surface area contributed by atoms with Gasteiger partial charge in [0.1, 0.15) is 28.9 Å². The molecular formula is C24H33Cl2FN2O4S. The van der Waals surface area contributed by atoms with Gasteiger partial charge >= 0.3 is 6.09 Å². The van der Waals surface area contributed by atoms with Crippen molar-refractivity contribution in [3.63, 3.8) is 0 Å². The molecule has 6 nitrogen and oxygen atoms in total. The van der Waals surface area contributed by atoms with Crippen molar-refractivity contribution in [2.75, 3.05) is 19.7 Å². The molecule has 0 radical (unpaired) electrons. The maximum absolute atomic E-state index is 16.6. The van der Waals surface area contributed by atoms with E-state index in [1.54, 1.807) is 47.6 Å². The van der Waals surface area contributed by atoms with Crippen molar-refractivity contribution in [3.8, 4) is 5.75 Å². The average molecular weight is 536 g/mol. The standard InChI is InChI=1S/C24H33Cl2FN2O4S/c1-8-13-32-19-15-18(26)17(25)14-16(19)20(28-34(31)23(5,6)7)24(27)9-11-29(12-10-24)21(30)33-22(2,3)4/h8,14-15H,1,9-13H2,2-7H3. The maximum atomic E-state index is 16.6. The van der Waals surface area contributed by atoms with Crippen molar-refractivity contribution in [1.29, 1.82) is 0 Å². The first-order valence-corrected chi connectivity index (χ1v) is 12.8. The number of benzene rings is 1. The molecule has 1 aliphatic heterocycles. The highest BCUT2D eigenvalue weighted by Crippen LogP contribution is 2.39. The van der Waals surface area contributed by atoms with E-state index >= 15 is 4.39 Å². The van der Waals surface area contributed by atoms with Gasteiger partial charge in [-0.05, 0) is 47.6 Å². The molecule has 0 aliphatic carbocycles. The maximum Gasteiger partial charge on any atom is 0.410 e. The van der Waals surface area contributed by atoms with E-state index in [4.69, 9.17) is 32.7 Å². The summed E-state index contributed by atoms with van der Waals surface area (Å²) in [4.78, 5) is 13.9. The number of piperidine rings is 1. The lowest BCUT2D eigenvalue weighted by atomic mass is 9.85. The minimum Gasteiger partial charge on any atom is -0.489 e. The molecule has 10 heteroatoms. The smallest absolute Gasteiger partial charge is 0.410 e. The molecule has 2 rings (SSSR count). The van der Waals surface area contributed by atoms with Gasteiger partial charge in [-0.1, -0.05) is 35.9 Å². The number of amides is 1. The predicted molar refractivity (Wildman–Crippen MR) is 137 cm³/mol. The molecule has 190 valence electrons. The zero-order valence-corrected chi connectivity index (χ0v) is 22.9. The number of halogens is 3. The molecule has 0 aromatic heterocycles. The lowest BCUT2D eigenvalue weighted by Gasteiger charge is -2.38. The van der Waals surface area contributed by atoms with Crippen molar-refractivity contribution >= 4 is 46.0 Å². The summed E-state index contributed by atoms with van der Waals surface area (Å²) >= 11 is 12.5. The number of hydrogen-bond acceptors (Lipinski definition) is 4. The molecule has 1 aliphatic rings. The van der Waals surface area contributed by atoms with Crippen LogP contribution >= 0.6 is 23.2 Å². The molecule has 0 N–H and O–H groups in total. The normalized spacial score (nSPS) is 17.8. The fourth-order valence-electron chi connectivity index (χ4n) is 3.18. The van der Waals surface area contributed by atoms with Crippen LogP contribution in [0.2, 0.25) is 10.0 Å². The van der Waals surface area contributed by atoms with Crippen LogP contribution in [0.3, 0.4) is 0 Å². The Balaban J connectivity index is 2.51. The summed E-state index contributed by atoms with van der Waals surface area (Å²) in [5.74, 6) is 0.255. The largest absolute Gasteiger partial charge is 0.489 e. The van der Waals surface area contributed by atoms with Crippen LogP contribution < -0.4 is 4.74 Å². The fourth-order valence-corrected chi connectivity index (χ4v) is 4.20. The first-order valence-electron chi connectivity index (χ1n) is 11.0. The predicted octanol–water partition coefficient (Wildman–Crippen LogP) is 6.55. The molecule has 1 atom stereocenters. The van der Waals surface area contributed by atoms with E-state index in [0.717, 1.165) is 0 Å². The van der Waals surface area contributed by atoms with Crippen LogP contribution in [-0.2, 0) is 15.7 Å². The van der Waals surface area contributed by atoms with Crippen LogP contribution in [0.1, 0.15) is 59.9 Å². The number of nitrogens with zero attached hydrogens (tertiary/aromatic N) is 2. The molecular weight excluding hydrogens is 502 g/mol. The molecule has 0 spiro atoms. The van der Waals surface area contributed by atoms with Gasteiger partial charge in [-0.25, -0.2) is 13.4 Å². The quantitative estimate of drug-likeness (QED) is 0.306. The Kier molecular flexibility index (Phi) is 9.22. The molecule has 1 aromatic carbocycles. The van der Waals surface area contributed by atoms with E-state index in [1.807, 2.05) is 0 Å². The first-order chi connectivity index (χ1) is 15.6. The minimum absolute atomic E-state index is 0.0396. The second-order valence-corrected chi connectivity index (χ2v) is 12.8. The van der Waals surface area contributed by atoms with Crippen molar-refractivity contribution in [2.45, 2.75) is 70.4 Å². The Labute approximate surface area is 214 Å². The van der Waals surface area contributed by atoms with Gasteiger partial charge in [0, 0.05) is 37.6 Å². The Bertz CT molecular complexity index is 978. The molecule has 0 saturated carbocycles. The van der Waals surface area contributed by atoms with Gasteiger partial charge in [0.15, 0.2) is 5.67 Å². The van der Waals surface area contributed by atoms with Gasteiger partial charge in [-0.3, -0.25) is 0 Å². The first kappa shape index (κ1) is 28.6. The van der Waals surface area contributed by atoms with E-state index in [9.17, 15) is 9.00 Å². The van der Waals surface area contributed by atoms with Crippen molar-refractivity contribution < 1.29 is 22.9 Å². The summed E-state index contributed by atoms with van der Waals surface area (Å²) in [7, 11) is -1.76. The van der Waals surface area contributed by atoms with Crippen LogP contribution in [0.4, 0.5) is 9.18 Å². The van der Waals surface area contributed by atoms with Gasteiger partial charge in [-0.2, -0.15) is 4.40 Å². The van der Waals surface area contributed by atoms with E-state index in [-0.39, 0.29) is 59.6 Å². The number of carbonyl (C=O) groups excluding carboxylic acids is 1. The van der Waals surface area contributed by atoms with E-state index < -0.39 is 33.1 Å². The number of ether oxygens (including phenoxy) is 2. The third kappa shape index (κ3) is 7.43. The van der Waals surface area contributed by atoms with E-state index in [1.165, 1.54) is 17.0 Å². The Morgan fingerprint density at radius 1 is 1.21 bits per heavy atom. The molecule has 34 heavy (non-hydrogen) atoms. The highest BCUT2D eigenvalue weighted by molar-refractivity contribution is 7.85. The topological polar surface area (TPSA) is 68.2 Å². The summed E-state index contributed by atoms with van der Waals surface area (Å²) < 4.78 is 44.4. The monoisotopic (exact) mass is 534 g/mol. The number of carbonyl (C=O) groups is 1. The summed E-state index contributed by atoms with van der Waals surface area (Å²) in [5.41, 5.74) is -2.41. The van der Waals surface area contributed by atoms with Crippen LogP contribution in [0.5, 0.6) is 5.75 Å². The number of rotatable bonds is 6. The van der Waals surface area contributed by atoms with Crippen molar-refractivity contribution in [1.82, 2.24) is 4.90 Å². The fraction of sp³-hybridized carbons (Fsp3) is 0.583. The summed E-state index contributed by atoms with van der Waals surface area (Å²) in [6.45, 7) is 14.6. The average Bonchev–Trinajstić information content (AvgIpc) is 2.71. The second kappa shape index (κ2) is 11.0. The Hall–Kier alpha value is -1.64. The van der Waals surface area contributed by atoms with Gasteiger partial charge in [-0.15, -0.1) is 0 Å². The van der Waals surface area contributed by atoms with Gasteiger partial charge < -0.3 is 14.4 Å². The molecule has 1 saturated heterocycles. The molecule has 0 bridgehead atoms. The summed E-state index contributed by atoms with van der Waals surface area (Å²) in [6.07, 6.45) is 0.915. The highest BCUT2D eigenvalue weighted by Gasteiger charge is 2.44. The second-order valence-electron chi connectivity index (χ2n) is 10.1. The lowest BCUT2D eigenvalue weighted by Crippen LogP contribution is -2.50. The van der Waals surface area contributed by atoms with Crippen molar-refractivity contribution in [2.24, 2.45) is 4.40 Å². The van der Waals surface area contributed by atoms with E-state index in [2.05, 4.69) is 11.0 Å². The third-order valence-electron chi connectivity index (χ3n) is 4.96. The van der Waals surface area contributed by atoms with Crippen LogP contribution in [0, 0.1) is 0 Å². The molecule has 1 heterocycles. The van der Waals surface area contributed by atoms with Gasteiger partial charge in [0.05, 0.1) is 20.5 Å². The Morgan fingerprint density at radius 3 is 2.26 bits per heavy atom. The van der Waals surface area contributed by atoms with Crippen molar-refractivity contribution in [3.05, 3.63) is 40.4 Å². The molecule has 1 amide bonds. The van der Waals surface area contributed by atoms with Crippen LogP contribution in [0.25, 0.3) is 0 Å². The number of likely N-dealkylation sites (tertiary alicyclic amines) is 1. The molecule has 1 unspecified atom stereocenters. The van der Waals surface area contributed by atoms with Crippen LogP contribution in [0.15, 0.2) is 29.2 Å². The molecule has 1 fully saturated rings. The number of hydrogen-bond donors (Lipinski definition) is 0. The van der Waals surface area contributed by atoms with Gasteiger partial charge in [0.2, 0.25) is 0 Å².